The Hall–Kier alpha value is -1.59. The second-order valence-electron chi connectivity index (χ2n) is 5.01. The molecule has 1 fully saturated rings. The highest BCUT2D eigenvalue weighted by molar-refractivity contribution is 5.75. The van der Waals surface area contributed by atoms with Crippen LogP contribution in [0.5, 0.6) is 5.75 Å². The molecule has 5 nitrogen and oxygen atoms in total. The zero-order valence-electron chi connectivity index (χ0n) is 11.7. The average molecular weight is 279 g/mol. The minimum atomic E-state index is -0.856. The van der Waals surface area contributed by atoms with Gasteiger partial charge < -0.3 is 14.9 Å². The number of aliphatic hydroxyl groups excluding tert-OH is 1. The summed E-state index contributed by atoms with van der Waals surface area (Å²) >= 11 is 0. The van der Waals surface area contributed by atoms with E-state index in [0.717, 1.165) is 11.3 Å². The van der Waals surface area contributed by atoms with Crippen LogP contribution in [-0.2, 0) is 4.79 Å². The number of piperidine rings is 1. The van der Waals surface area contributed by atoms with Crippen molar-refractivity contribution in [1.29, 1.82) is 0 Å². The van der Waals surface area contributed by atoms with Crippen LogP contribution in [0.1, 0.15) is 31.4 Å². The number of nitrogens with zero attached hydrogens (tertiary/aromatic N) is 1. The van der Waals surface area contributed by atoms with Crippen LogP contribution in [-0.4, -0.2) is 46.9 Å². The van der Waals surface area contributed by atoms with E-state index in [1.807, 2.05) is 11.8 Å². The minimum absolute atomic E-state index is 0.305. The molecule has 5 heteroatoms. The fourth-order valence-electron chi connectivity index (χ4n) is 2.57. The van der Waals surface area contributed by atoms with Crippen LogP contribution in [0.25, 0.3) is 0 Å². The molecule has 1 unspecified atom stereocenters. The smallest absolute Gasteiger partial charge is 0.325 e. The zero-order valence-corrected chi connectivity index (χ0v) is 11.7. The molecule has 0 amide bonds. The van der Waals surface area contributed by atoms with E-state index in [4.69, 9.17) is 4.74 Å². The summed E-state index contributed by atoms with van der Waals surface area (Å²) < 4.78 is 5.37. The molecule has 110 valence electrons. The quantitative estimate of drug-likeness (QED) is 0.858. The second-order valence-corrected chi connectivity index (χ2v) is 5.01. The molecule has 0 saturated carbocycles. The number of aliphatic hydroxyl groups is 1. The molecular formula is C15H21NO4. The number of carboxylic acids is 1. The fraction of sp³-hybridized carbons (Fsp3) is 0.533. The van der Waals surface area contributed by atoms with Gasteiger partial charge in [0.2, 0.25) is 0 Å². The lowest BCUT2D eigenvalue weighted by Gasteiger charge is -2.34. The van der Waals surface area contributed by atoms with Crippen molar-refractivity contribution in [3.8, 4) is 5.75 Å². The molecule has 1 aromatic rings. The minimum Gasteiger partial charge on any atom is -0.494 e. The topological polar surface area (TPSA) is 70.0 Å². The summed E-state index contributed by atoms with van der Waals surface area (Å²) in [6.45, 7) is 3.70. The van der Waals surface area contributed by atoms with E-state index in [2.05, 4.69) is 0 Å². The van der Waals surface area contributed by atoms with Crippen LogP contribution in [0.4, 0.5) is 0 Å². The van der Waals surface area contributed by atoms with Crippen molar-refractivity contribution in [2.45, 2.75) is 31.9 Å². The molecule has 0 radical (unpaired) electrons. The van der Waals surface area contributed by atoms with E-state index >= 15 is 0 Å². The molecule has 0 spiro atoms. The van der Waals surface area contributed by atoms with Crippen molar-refractivity contribution in [3.05, 3.63) is 29.8 Å². The van der Waals surface area contributed by atoms with Gasteiger partial charge >= 0.3 is 5.97 Å². The number of benzene rings is 1. The molecule has 0 aliphatic carbocycles. The molecule has 1 aliphatic rings. The Bertz CT molecular complexity index is 438. The third-order valence-corrected chi connectivity index (χ3v) is 3.60. The third kappa shape index (κ3) is 3.49. The first-order chi connectivity index (χ1) is 9.61. The Morgan fingerprint density at radius 1 is 1.35 bits per heavy atom. The van der Waals surface area contributed by atoms with Gasteiger partial charge in [0, 0.05) is 13.1 Å². The maximum Gasteiger partial charge on any atom is 0.325 e. The van der Waals surface area contributed by atoms with Crippen LogP contribution in [0.15, 0.2) is 24.3 Å². The van der Waals surface area contributed by atoms with Gasteiger partial charge in [-0.2, -0.15) is 0 Å². The van der Waals surface area contributed by atoms with Gasteiger partial charge in [0.25, 0.3) is 0 Å². The van der Waals surface area contributed by atoms with Crippen molar-refractivity contribution < 1.29 is 19.7 Å². The van der Waals surface area contributed by atoms with Gasteiger partial charge in [-0.1, -0.05) is 12.1 Å². The summed E-state index contributed by atoms with van der Waals surface area (Å²) in [4.78, 5) is 13.5. The average Bonchev–Trinajstić information content (AvgIpc) is 2.43. The van der Waals surface area contributed by atoms with Gasteiger partial charge in [0.05, 0.1) is 12.7 Å². The summed E-state index contributed by atoms with van der Waals surface area (Å²) in [5.41, 5.74) is 0.748. The molecule has 2 rings (SSSR count). The summed E-state index contributed by atoms with van der Waals surface area (Å²) in [7, 11) is 0. The van der Waals surface area contributed by atoms with Gasteiger partial charge in [-0.15, -0.1) is 0 Å². The van der Waals surface area contributed by atoms with Crippen LogP contribution in [0.3, 0.4) is 0 Å². The monoisotopic (exact) mass is 279 g/mol. The second kappa shape index (κ2) is 6.72. The summed E-state index contributed by atoms with van der Waals surface area (Å²) in [6, 6.07) is 6.54. The number of ether oxygens (including phenoxy) is 1. The number of hydrogen-bond donors (Lipinski definition) is 2. The van der Waals surface area contributed by atoms with Crippen LogP contribution in [0, 0.1) is 0 Å². The molecule has 1 aromatic carbocycles. The summed E-state index contributed by atoms with van der Waals surface area (Å²) in [5, 5.41) is 19.0. The predicted molar refractivity (Wildman–Crippen MR) is 74.8 cm³/mol. The van der Waals surface area contributed by atoms with Gasteiger partial charge in [-0.3, -0.25) is 9.69 Å². The Kier molecular flexibility index (Phi) is 4.98. The third-order valence-electron chi connectivity index (χ3n) is 3.60. The molecular weight excluding hydrogens is 258 g/mol. The van der Waals surface area contributed by atoms with E-state index in [0.29, 0.717) is 32.5 Å². The first-order valence-corrected chi connectivity index (χ1v) is 6.99. The van der Waals surface area contributed by atoms with E-state index in [1.54, 1.807) is 24.3 Å². The Balaban J connectivity index is 2.13. The number of carbonyl (C=O) groups is 1. The maximum atomic E-state index is 11.6. The largest absolute Gasteiger partial charge is 0.494 e. The number of likely N-dealkylation sites (tertiary alicyclic amines) is 1. The van der Waals surface area contributed by atoms with Crippen LogP contribution in [0.2, 0.25) is 0 Å². The molecule has 20 heavy (non-hydrogen) atoms. The van der Waals surface area contributed by atoms with Crippen molar-refractivity contribution >= 4 is 5.97 Å². The number of rotatable bonds is 5. The number of carboxylic acid groups (broad SMARTS) is 1. The van der Waals surface area contributed by atoms with E-state index in [-0.39, 0.29) is 6.10 Å². The molecule has 1 saturated heterocycles. The van der Waals surface area contributed by atoms with E-state index < -0.39 is 12.0 Å². The van der Waals surface area contributed by atoms with Gasteiger partial charge in [-0.05, 0) is 37.5 Å². The van der Waals surface area contributed by atoms with E-state index in [9.17, 15) is 15.0 Å². The molecule has 2 N–H and O–H groups in total. The lowest BCUT2D eigenvalue weighted by Crippen LogP contribution is -2.41. The van der Waals surface area contributed by atoms with Crippen LogP contribution >= 0.6 is 0 Å². The summed E-state index contributed by atoms with van der Waals surface area (Å²) in [5.74, 6) is -0.111. The Labute approximate surface area is 118 Å². The van der Waals surface area contributed by atoms with Gasteiger partial charge in [-0.25, -0.2) is 0 Å². The molecule has 0 bridgehead atoms. The van der Waals surface area contributed by atoms with Crippen LogP contribution < -0.4 is 4.74 Å². The Morgan fingerprint density at radius 3 is 2.45 bits per heavy atom. The lowest BCUT2D eigenvalue weighted by molar-refractivity contribution is -0.144. The summed E-state index contributed by atoms with van der Waals surface area (Å²) in [6.07, 6.45) is 0.947. The first kappa shape index (κ1) is 14.8. The van der Waals surface area contributed by atoms with Crippen molar-refractivity contribution in [2.24, 2.45) is 0 Å². The standard InChI is InChI=1S/C15H21NO4/c1-2-20-13-5-3-11(4-6-13)14(15(18)19)16-9-7-12(17)8-10-16/h3-6,12,14,17H,2,7-10H2,1H3,(H,18,19). The fourth-order valence-corrected chi connectivity index (χ4v) is 2.57. The van der Waals surface area contributed by atoms with Crippen molar-refractivity contribution in [2.75, 3.05) is 19.7 Å². The highest BCUT2D eigenvalue weighted by Crippen LogP contribution is 2.26. The van der Waals surface area contributed by atoms with Crippen molar-refractivity contribution in [3.63, 3.8) is 0 Å². The molecule has 0 aromatic heterocycles. The highest BCUT2D eigenvalue weighted by atomic mass is 16.5. The maximum absolute atomic E-state index is 11.6. The zero-order chi connectivity index (χ0) is 14.5. The van der Waals surface area contributed by atoms with Gasteiger partial charge in [0.15, 0.2) is 0 Å². The normalized spacial score (nSPS) is 18.7. The molecule has 1 atom stereocenters. The predicted octanol–water partition coefficient (Wildman–Crippen LogP) is 1.67. The molecule has 1 aliphatic heterocycles. The van der Waals surface area contributed by atoms with Gasteiger partial charge in [0.1, 0.15) is 11.8 Å². The number of hydrogen-bond acceptors (Lipinski definition) is 4. The Morgan fingerprint density at radius 2 is 1.95 bits per heavy atom. The number of aliphatic carboxylic acids is 1. The SMILES string of the molecule is CCOc1ccc(C(C(=O)O)N2CCC(O)CC2)cc1. The molecule has 1 heterocycles. The lowest BCUT2D eigenvalue weighted by atomic mass is 10.0. The highest BCUT2D eigenvalue weighted by Gasteiger charge is 2.30. The first-order valence-electron chi connectivity index (χ1n) is 6.99. The van der Waals surface area contributed by atoms with Crippen molar-refractivity contribution in [1.82, 2.24) is 4.90 Å². The van der Waals surface area contributed by atoms with E-state index in [1.165, 1.54) is 0 Å².